The minimum atomic E-state index is -2.56. The molecule has 1 heterocycles. The Kier molecular flexibility index (Phi) is 5.83. The highest BCUT2D eigenvalue weighted by atomic mass is 19.3. The molecule has 21 heavy (non-hydrogen) atoms. The molecule has 0 bridgehead atoms. The van der Waals surface area contributed by atoms with Crippen molar-refractivity contribution in [3.05, 3.63) is 53.6 Å². The smallest absolute Gasteiger partial charge is 0.319 e. The Morgan fingerprint density at radius 2 is 2.00 bits per heavy atom. The summed E-state index contributed by atoms with van der Waals surface area (Å²) in [6.07, 6.45) is 2.66. The maximum absolute atomic E-state index is 12.7. The Hall–Kier alpha value is -1.79. The number of aromatic nitrogens is 2. The molecule has 0 saturated heterocycles. The van der Waals surface area contributed by atoms with Crippen LogP contribution in [0.1, 0.15) is 30.4 Å². The van der Waals surface area contributed by atoms with Crippen LogP contribution in [0.15, 0.2) is 36.7 Å². The van der Waals surface area contributed by atoms with Crippen LogP contribution in [0.5, 0.6) is 0 Å². The van der Waals surface area contributed by atoms with E-state index in [4.69, 9.17) is 4.74 Å². The van der Waals surface area contributed by atoms with Crippen molar-refractivity contribution >= 4 is 0 Å². The highest BCUT2D eigenvalue weighted by molar-refractivity contribution is 5.26. The average molecular weight is 295 g/mol. The molecular formula is C15H19F2N3O. The van der Waals surface area contributed by atoms with Gasteiger partial charge in [-0.15, -0.1) is 0 Å². The Labute approximate surface area is 122 Å². The van der Waals surface area contributed by atoms with E-state index < -0.39 is 6.55 Å². The van der Waals surface area contributed by atoms with E-state index >= 15 is 0 Å². The third-order valence-corrected chi connectivity index (χ3v) is 3.14. The van der Waals surface area contributed by atoms with Crippen LogP contribution in [-0.2, 0) is 24.4 Å². The quantitative estimate of drug-likeness (QED) is 0.813. The van der Waals surface area contributed by atoms with Gasteiger partial charge in [0.1, 0.15) is 5.82 Å². The minimum Gasteiger partial charge on any atom is -0.377 e. The number of nitrogens with one attached hydrogen (secondary N) is 1. The summed E-state index contributed by atoms with van der Waals surface area (Å²) in [5.74, 6) is 0.326. The zero-order valence-corrected chi connectivity index (χ0v) is 11.9. The zero-order chi connectivity index (χ0) is 15.1. The van der Waals surface area contributed by atoms with Gasteiger partial charge in [-0.1, -0.05) is 24.3 Å². The Balaban J connectivity index is 1.92. The predicted octanol–water partition coefficient (Wildman–Crippen LogP) is 3.10. The fourth-order valence-corrected chi connectivity index (χ4v) is 2.05. The molecule has 1 aromatic carbocycles. The van der Waals surface area contributed by atoms with Crippen LogP contribution in [-0.4, -0.2) is 16.2 Å². The van der Waals surface area contributed by atoms with Gasteiger partial charge < -0.3 is 10.1 Å². The summed E-state index contributed by atoms with van der Waals surface area (Å²) < 4.78 is 31.7. The molecule has 6 heteroatoms. The van der Waals surface area contributed by atoms with E-state index in [9.17, 15) is 8.78 Å². The first kappa shape index (κ1) is 15.6. The second-order valence-corrected chi connectivity index (χ2v) is 4.54. The van der Waals surface area contributed by atoms with E-state index in [1.54, 1.807) is 0 Å². The normalized spacial score (nSPS) is 11.2. The lowest BCUT2D eigenvalue weighted by molar-refractivity contribution is 0.0666. The first-order valence-corrected chi connectivity index (χ1v) is 6.87. The first-order valence-electron chi connectivity index (χ1n) is 6.87. The van der Waals surface area contributed by atoms with Crippen LogP contribution in [0.4, 0.5) is 8.78 Å². The molecule has 0 aliphatic carbocycles. The second kappa shape index (κ2) is 7.85. The summed E-state index contributed by atoms with van der Waals surface area (Å²) in [7, 11) is 0. The highest BCUT2D eigenvalue weighted by Gasteiger charge is 2.10. The molecule has 2 aromatic rings. The molecule has 114 valence electrons. The SMILES string of the molecule is CCOCc1ccccc1CNCc1nccn1C(F)F. The summed E-state index contributed by atoms with van der Waals surface area (Å²) in [6, 6.07) is 7.92. The molecule has 0 atom stereocenters. The van der Waals surface area contributed by atoms with Crippen LogP contribution in [0, 0.1) is 0 Å². The number of nitrogens with zero attached hydrogens (tertiary/aromatic N) is 2. The van der Waals surface area contributed by atoms with Gasteiger partial charge in [0.2, 0.25) is 0 Å². The minimum absolute atomic E-state index is 0.292. The predicted molar refractivity (Wildman–Crippen MR) is 75.8 cm³/mol. The summed E-state index contributed by atoms with van der Waals surface area (Å²) in [5, 5.41) is 3.14. The van der Waals surface area contributed by atoms with E-state index in [0.29, 0.717) is 32.1 Å². The molecule has 1 N–H and O–H groups in total. The van der Waals surface area contributed by atoms with E-state index in [-0.39, 0.29) is 0 Å². The third kappa shape index (κ3) is 4.34. The molecule has 0 amide bonds. The molecular weight excluding hydrogens is 276 g/mol. The molecule has 4 nitrogen and oxygen atoms in total. The lowest BCUT2D eigenvalue weighted by Gasteiger charge is -2.11. The zero-order valence-electron chi connectivity index (χ0n) is 11.9. The summed E-state index contributed by atoms with van der Waals surface area (Å²) in [6.45, 7) is 1.48. The number of hydrogen-bond acceptors (Lipinski definition) is 3. The van der Waals surface area contributed by atoms with Gasteiger partial charge in [0.05, 0.1) is 13.2 Å². The molecule has 1 aromatic heterocycles. The van der Waals surface area contributed by atoms with E-state index in [0.717, 1.165) is 15.7 Å². The molecule has 0 unspecified atom stereocenters. The van der Waals surface area contributed by atoms with Crippen molar-refractivity contribution < 1.29 is 13.5 Å². The molecule has 0 aliphatic heterocycles. The van der Waals surface area contributed by atoms with Gasteiger partial charge in [-0.3, -0.25) is 4.57 Å². The number of ether oxygens (including phenoxy) is 1. The molecule has 0 spiro atoms. The van der Waals surface area contributed by atoms with Crippen molar-refractivity contribution in [1.82, 2.24) is 14.9 Å². The maximum atomic E-state index is 12.7. The molecule has 0 aliphatic rings. The monoisotopic (exact) mass is 295 g/mol. The largest absolute Gasteiger partial charge is 0.377 e. The summed E-state index contributed by atoms with van der Waals surface area (Å²) >= 11 is 0. The fourth-order valence-electron chi connectivity index (χ4n) is 2.05. The van der Waals surface area contributed by atoms with Gasteiger partial charge in [0.15, 0.2) is 0 Å². The lowest BCUT2D eigenvalue weighted by atomic mass is 10.1. The van der Waals surface area contributed by atoms with Crippen LogP contribution < -0.4 is 5.32 Å². The van der Waals surface area contributed by atoms with E-state index in [2.05, 4.69) is 10.3 Å². The lowest BCUT2D eigenvalue weighted by Crippen LogP contribution is -2.18. The number of halogens is 2. The van der Waals surface area contributed by atoms with Gasteiger partial charge in [-0.25, -0.2) is 4.98 Å². The van der Waals surface area contributed by atoms with E-state index in [1.807, 2.05) is 31.2 Å². The fraction of sp³-hybridized carbons (Fsp3) is 0.400. The highest BCUT2D eigenvalue weighted by Crippen LogP contribution is 2.13. The van der Waals surface area contributed by atoms with Crippen molar-refractivity contribution in [1.29, 1.82) is 0 Å². The molecule has 0 fully saturated rings. The Morgan fingerprint density at radius 3 is 2.71 bits per heavy atom. The van der Waals surface area contributed by atoms with Crippen molar-refractivity contribution in [3.63, 3.8) is 0 Å². The second-order valence-electron chi connectivity index (χ2n) is 4.54. The first-order chi connectivity index (χ1) is 10.2. The topological polar surface area (TPSA) is 39.1 Å². The standard InChI is InChI=1S/C15H19F2N3O/c1-2-21-11-13-6-4-3-5-12(13)9-18-10-14-19-7-8-20(14)15(16)17/h3-8,15,18H,2,9-11H2,1H3. The number of imidazole rings is 1. The average Bonchev–Trinajstić information content (AvgIpc) is 2.95. The third-order valence-electron chi connectivity index (χ3n) is 3.14. The van der Waals surface area contributed by atoms with Gasteiger partial charge in [-0.2, -0.15) is 8.78 Å². The summed E-state index contributed by atoms with van der Waals surface area (Å²) in [5.41, 5.74) is 2.20. The molecule has 0 radical (unpaired) electrons. The number of alkyl halides is 2. The van der Waals surface area contributed by atoms with Gasteiger partial charge >= 0.3 is 6.55 Å². The van der Waals surface area contributed by atoms with Crippen LogP contribution in [0.2, 0.25) is 0 Å². The van der Waals surface area contributed by atoms with Crippen LogP contribution in [0.3, 0.4) is 0 Å². The van der Waals surface area contributed by atoms with Gasteiger partial charge in [0, 0.05) is 25.5 Å². The van der Waals surface area contributed by atoms with Crippen LogP contribution in [0.25, 0.3) is 0 Å². The number of benzene rings is 1. The van der Waals surface area contributed by atoms with Crippen LogP contribution >= 0.6 is 0 Å². The van der Waals surface area contributed by atoms with E-state index in [1.165, 1.54) is 12.4 Å². The van der Waals surface area contributed by atoms with Crippen molar-refractivity contribution in [3.8, 4) is 0 Å². The van der Waals surface area contributed by atoms with Crippen molar-refractivity contribution in [2.24, 2.45) is 0 Å². The van der Waals surface area contributed by atoms with Crippen molar-refractivity contribution in [2.45, 2.75) is 33.2 Å². The van der Waals surface area contributed by atoms with Crippen molar-refractivity contribution in [2.75, 3.05) is 6.61 Å². The Morgan fingerprint density at radius 1 is 1.24 bits per heavy atom. The number of rotatable bonds is 8. The molecule has 2 rings (SSSR count). The summed E-state index contributed by atoms with van der Waals surface area (Å²) in [4.78, 5) is 3.94. The van der Waals surface area contributed by atoms with Gasteiger partial charge in [0.25, 0.3) is 0 Å². The Bertz CT molecular complexity index is 557. The number of hydrogen-bond donors (Lipinski definition) is 1. The van der Waals surface area contributed by atoms with Gasteiger partial charge in [-0.05, 0) is 18.1 Å². The molecule has 0 saturated carbocycles. The maximum Gasteiger partial charge on any atom is 0.319 e.